The van der Waals surface area contributed by atoms with Crippen molar-refractivity contribution >= 4 is 11.6 Å². The number of hydrogen-bond acceptors (Lipinski definition) is 3. The number of hydrogen-bond donors (Lipinski definition) is 1. The van der Waals surface area contributed by atoms with Crippen molar-refractivity contribution in [2.45, 2.75) is 20.8 Å². The second-order valence-electron chi connectivity index (χ2n) is 5.20. The topological polar surface area (TPSA) is 50.7 Å². The molecule has 2 aromatic rings. The molecular formula is C18H20N2O2. The summed E-state index contributed by atoms with van der Waals surface area (Å²) < 4.78 is 5.42. The van der Waals surface area contributed by atoms with Gasteiger partial charge in [0, 0.05) is 0 Å². The van der Waals surface area contributed by atoms with Crippen LogP contribution >= 0.6 is 0 Å². The Morgan fingerprint density at radius 1 is 1.09 bits per heavy atom. The third kappa shape index (κ3) is 4.74. The fraction of sp³-hybridized carbons (Fsp3) is 0.222. The number of ether oxygens (including phenoxy) is 1. The van der Waals surface area contributed by atoms with Gasteiger partial charge in [-0.2, -0.15) is 5.10 Å². The maximum Gasteiger partial charge on any atom is 0.277 e. The van der Waals surface area contributed by atoms with Crippen LogP contribution < -0.4 is 10.2 Å². The van der Waals surface area contributed by atoms with Crippen molar-refractivity contribution in [3.63, 3.8) is 0 Å². The third-order valence-electron chi connectivity index (χ3n) is 3.18. The SMILES string of the molecule is C/C(=N\NC(=O)COc1cccc(C)c1)c1ccc(C)cc1. The summed E-state index contributed by atoms with van der Waals surface area (Å²) in [5.74, 6) is 0.391. The Balaban J connectivity index is 1.86. The van der Waals surface area contributed by atoms with Crippen LogP contribution in [0.2, 0.25) is 0 Å². The standard InChI is InChI=1S/C18H20N2O2/c1-13-7-9-16(10-8-13)15(3)19-20-18(21)12-22-17-6-4-5-14(2)11-17/h4-11H,12H2,1-3H3,(H,20,21)/b19-15+. The number of rotatable bonds is 5. The van der Waals surface area contributed by atoms with E-state index in [0.717, 1.165) is 16.8 Å². The molecule has 0 radical (unpaired) electrons. The summed E-state index contributed by atoms with van der Waals surface area (Å²) in [7, 11) is 0. The van der Waals surface area contributed by atoms with E-state index in [9.17, 15) is 4.79 Å². The minimum Gasteiger partial charge on any atom is -0.484 e. The zero-order valence-electron chi connectivity index (χ0n) is 13.1. The van der Waals surface area contributed by atoms with E-state index < -0.39 is 0 Å². The zero-order chi connectivity index (χ0) is 15.9. The average molecular weight is 296 g/mol. The van der Waals surface area contributed by atoms with Gasteiger partial charge in [-0.15, -0.1) is 0 Å². The largest absolute Gasteiger partial charge is 0.484 e. The molecule has 4 nitrogen and oxygen atoms in total. The van der Waals surface area contributed by atoms with Crippen LogP contribution in [-0.2, 0) is 4.79 Å². The van der Waals surface area contributed by atoms with E-state index in [1.165, 1.54) is 5.56 Å². The van der Waals surface area contributed by atoms with Gasteiger partial charge in [-0.1, -0.05) is 42.0 Å². The lowest BCUT2D eigenvalue weighted by Gasteiger charge is -2.06. The Morgan fingerprint density at radius 2 is 1.82 bits per heavy atom. The van der Waals surface area contributed by atoms with Crippen LogP contribution in [0, 0.1) is 13.8 Å². The van der Waals surface area contributed by atoms with E-state index in [1.54, 1.807) is 0 Å². The maximum atomic E-state index is 11.7. The highest BCUT2D eigenvalue weighted by molar-refractivity contribution is 5.99. The van der Waals surface area contributed by atoms with Crippen LogP contribution in [0.3, 0.4) is 0 Å². The predicted octanol–water partition coefficient (Wildman–Crippen LogP) is 3.22. The Labute approximate surface area is 130 Å². The highest BCUT2D eigenvalue weighted by atomic mass is 16.5. The fourth-order valence-electron chi connectivity index (χ4n) is 1.89. The second kappa shape index (κ2) is 7.41. The molecule has 0 fully saturated rings. The molecule has 2 rings (SSSR count). The summed E-state index contributed by atoms with van der Waals surface area (Å²) >= 11 is 0. The highest BCUT2D eigenvalue weighted by Gasteiger charge is 2.03. The normalized spacial score (nSPS) is 11.1. The first-order valence-electron chi connectivity index (χ1n) is 7.14. The summed E-state index contributed by atoms with van der Waals surface area (Å²) in [6, 6.07) is 15.5. The number of carbonyl (C=O) groups excluding carboxylic acids is 1. The molecule has 0 unspecified atom stereocenters. The number of nitrogens with zero attached hydrogens (tertiary/aromatic N) is 1. The summed E-state index contributed by atoms with van der Waals surface area (Å²) in [5, 5.41) is 4.09. The molecule has 0 saturated carbocycles. The van der Waals surface area contributed by atoms with Gasteiger partial charge < -0.3 is 4.74 Å². The van der Waals surface area contributed by atoms with Crippen molar-refractivity contribution in [3.8, 4) is 5.75 Å². The van der Waals surface area contributed by atoms with Gasteiger partial charge in [-0.25, -0.2) is 5.43 Å². The molecule has 0 aliphatic heterocycles. The van der Waals surface area contributed by atoms with Gasteiger partial charge in [0.25, 0.3) is 5.91 Å². The fourth-order valence-corrected chi connectivity index (χ4v) is 1.89. The lowest BCUT2D eigenvalue weighted by atomic mass is 10.1. The van der Waals surface area contributed by atoms with Crippen molar-refractivity contribution in [3.05, 3.63) is 65.2 Å². The van der Waals surface area contributed by atoms with Gasteiger partial charge in [0.05, 0.1) is 5.71 Å². The van der Waals surface area contributed by atoms with Gasteiger partial charge in [0.15, 0.2) is 6.61 Å². The van der Waals surface area contributed by atoms with Gasteiger partial charge in [0.1, 0.15) is 5.75 Å². The van der Waals surface area contributed by atoms with Gasteiger partial charge in [-0.3, -0.25) is 4.79 Å². The quantitative estimate of drug-likeness (QED) is 0.680. The zero-order valence-corrected chi connectivity index (χ0v) is 13.1. The molecule has 22 heavy (non-hydrogen) atoms. The van der Waals surface area contributed by atoms with Crippen LogP contribution in [0.1, 0.15) is 23.6 Å². The van der Waals surface area contributed by atoms with Gasteiger partial charge in [-0.05, 0) is 44.0 Å². The molecule has 0 saturated heterocycles. The second-order valence-corrected chi connectivity index (χ2v) is 5.20. The van der Waals surface area contributed by atoms with E-state index in [2.05, 4.69) is 10.5 Å². The number of carbonyl (C=O) groups is 1. The van der Waals surface area contributed by atoms with Crippen molar-refractivity contribution in [2.75, 3.05) is 6.61 Å². The summed E-state index contributed by atoms with van der Waals surface area (Å²) in [4.78, 5) is 11.7. The molecule has 0 spiro atoms. The van der Waals surface area contributed by atoms with Crippen LogP contribution in [0.15, 0.2) is 53.6 Å². The van der Waals surface area contributed by atoms with Crippen LogP contribution in [-0.4, -0.2) is 18.2 Å². The van der Waals surface area contributed by atoms with Crippen molar-refractivity contribution in [2.24, 2.45) is 5.10 Å². The Morgan fingerprint density at radius 3 is 2.50 bits per heavy atom. The van der Waals surface area contributed by atoms with Crippen molar-refractivity contribution < 1.29 is 9.53 Å². The molecule has 0 aromatic heterocycles. The van der Waals surface area contributed by atoms with Crippen molar-refractivity contribution in [1.29, 1.82) is 0 Å². The lowest BCUT2D eigenvalue weighted by Crippen LogP contribution is -2.25. The van der Waals surface area contributed by atoms with E-state index in [4.69, 9.17) is 4.74 Å². The first-order valence-corrected chi connectivity index (χ1v) is 7.14. The van der Waals surface area contributed by atoms with E-state index >= 15 is 0 Å². The average Bonchev–Trinajstić information content (AvgIpc) is 2.51. The van der Waals surface area contributed by atoms with Gasteiger partial charge >= 0.3 is 0 Å². The summed E-state index contributed by atoms with van der Waals surface area (Å²) in [6.45, 7) is 5.79. The monoisotopic (exact) mass is 296 g/mol. The Kier molecular flexibility index (Phi) is 5.31. The predicted molar refractivity (Wildman–Crippen MR) is 88.2 cm³/mol. The molecular weight excluding hydrogens is 276 g/mol. The third-order valence-corrected chi connectivity index (χ3v) is 3.18. The Bertz CT molecular complexity index is 676. The van der Waals surface area contributed by atoms with E-state index in [-0.39, 0.29) is 12.5 Å². The molecule has 114 valence electrons. The Hall–Kier alpha value is -2.62. The number of benzene rings is 2. The van der Waals surface area contributed by atoms with E-state index in [1.807, 2.05) is 69.3 Å². The highest BCUT2D eigenvalue weighted by Crippen LogP contribution is 2.11. The van der Waals surface area contributed by atoms with Gasteiger partial charge in [0.2, 0.25) is 0 Å². The molecule has 4 heteroatoms. The smallest absolute Gasteiger partial charge is 0.277 e. The minimum atomic E-state index is -0.284. The molecule has 1 amide bonds. The molecule has 0 atom stereocenters. The molecule has 2 aromatic carbocycles. The molecule has 1 N–H and O–H groups in total. The molecule has 0 bridgehead atoms. The maximum absolute atomic E-state index is 11.7. The number of hydrazone groups is 1. The number of amides is 1. The first-order chi connectivity index (χ1) is 10.5. The molecule has 0 aliphatic rings. The number of nitrogens with one attached hydrogen (secondary N) is 1. The first kappa shape index (κ1) is 15.8. The minimum absolute atomic E-state index is 0.0614. The molecule has 0 heterocycles. The van der Waals surface area contributed by atoms with E-state index in [0.29, 0.717) is 5.75 Å². The van der Waals surface area contributed by atoms with Crippen molar-refractivity contribution in [1.82, 2.24) is 5.43 Å². The summed E-state index contributed by atoms with van der Waals surface area (Å²) in [6.07, 6.45) is 0. The van der Waals surface area contributed by atoms with Crippen LogP contribution in [0.4, 0.5) is 0 Å². The van der Waals surface area contributed by atoms with Crippen LogP contribution in [0.25, 0.3) is 0 Å². The van der Waals surface area contributed by atoms with Crippen LogP contribution in [0.5, 0.6) is 5.75 Å². The molecule has 0 aliphatic carbocycles. The summed E-state index contributed by atoms with van der Waals surface area (Å²) in [5.41, 5.74) is 6.51. The lowest BCUT2D eigenvalue weighted by molar-refractivity contribution is -0.123. The number of aryl methyl sites for hydroxylation is 2.